The molecule has 0 aliphatic heterocycles. The van der Waals surface area contributed by atoms with Crippen molar-refractivity contribution in [1.29, 1.82) is 5.26 Å². The minimum atomic E-state index is -4.45. The van der Waals surface area contributed by atoms with Crippen LogP contribution in [-0.2, 0) is 6.18 Å². The van der Waals surface area contributed by atoms with Gasteiger partial charge in [-0.05, 0) is 26.0 Å². The van der Waals surface area contributed by atoms with Crippen molar-refractivity contribution in [2.24, 2.45) is 0 Å². The first-order valence-electron chi connectivity index (χ1n) is 5.88. The fraction of sp³-hybridized carbons (Fsp3) is 0.286. The third kappa shape index (κ3) is 3.60. The van der Waals surface area contributed by atoms with Crippen LogP contribution in [0.5, 0.6) is 0 Å². The highest BCUT2D eigenvalue weighted by molar-refractivity contribution is 6.11. The molecule has 0 fully saturated rings. The zero-order chi connectivity index (χ0) is 15.3. The van der Waals surface area contributed by atoms with Gasteiger partial charge < -0.3 is 5.32 Å². The second kappa shape index (κ2) is 6.24. The number of allylic oxidation sites excluding steroid dienone is 2. The van der Waals surface area contributed by atoms with Crippen molar-refractivity contribution in [2.45, 2.75) is 20.0 Å². The molecule has 0 amide bonds. The highest BCUT2D eigenvalue weighted by atomic mass is 19.4. The molecular formula is C14H13F3N2O. The van der Waals surface area contributed by atoms with Crippen LogP contribution in [-0.4, -0.2) is 12.3 Å². The van der Waals surface area contributed by atoms with E-state index in [9.17, 15) is 18.0 Å². The molecule has 20 heavy (non-hydrogen) atoms. The van der Waals surface area contributed by atoms with Crippen molar-refractivity contribution in [3.63, 3.8) is 0 Å². The lowest BCUT2D eigenvalue weighted by Crippen LogP contribution is -2.16. The van der Waals surface area contributed by atoms with Gasteiger partial charge in [0.25, 0.3) is 0 Å². The zero-order valence-corrected chi connectivity index (χ0v) is 11.0. The van der Waals surface area contributed by atoms with E-state index in [0.29, 0.717) is 12.2 Å². The van der Waals surface area contributed by atoms with Gasteiger partial charge in [0.05, 0.1) is 5.56 Å². The average Bonchev–Trinajstić information content (AvgIpc) is 2.39. The second-order valence-electron chi connectivity index (χ2n) is 4.05. The van der Waals surface area contributed by atoms with Crippen LogP contribution in [0, 0.1) is 11.3 Å². The Morgan fingerprint density at radius 3 is 2.25 bits per heavy atom. The molecule has 0 atom stereocenters. The summed E-state index contributed by atoms with van der Waals surface area (Å²) >= 11 is 0. The number of carbonyl (C=O) groups excluding carboxylic acids is 1. The van der Waals surface area contributed by atoms with E-state index in [4.69, 9.17) is 5.26 Å². The van der Waals surface area contributed by atoms with Gasteiger partial charge in [-0.25, -0.2) is 0 Å². The molecule has 0 aliphatic rings. The van der Waals surface area contributed by atoms with E-state index in [-0.39, 0.29) is 11.1 Å². The van der Waals surface area contributed by atoms with Gasteiger partial charge >= 0.3 is 6.18 Å². The number of alkyl halides is 3. The lowest BCUT2D eigenvalue weighted by molar-refractivity contribution is -0.137. The number of nitrogens with one attached hydrogen (secondary N) is 1. The molecule has 1 aromatic rings. The highest BCUT2D eigenvalue weighted by Gasteiger charge is 2.30. The molecular weight excluding hydrogens is 269 g/mol. The molecule has 0 aliphatic carbocycles. The third-order valence-electron chi connectivity index (χ3n) is 2.63. The van der Waals surface area contributed by atoms with Crippen molar-refractivity contribution in [2.75, 3.05) is 6.54 Å². The number of halogens is 3. The topological polar surface area (TPSA) is 52.9 Å². The maximum absolute atomic E-state index is 12.4. The number of ketones is 1. The van der Waals surface area contributed by atoms with Crippen LogP contribution in [0.25, 0.3) is 0 Å². The summed E-state index contributed by atoms with van der Waals surface area (Å²) in [6, 6.07) is 5.57. The molecule has 0 saturated heterocycles. The molecule has 6 heteroatoms. The van der Waals surface area contributed by atoms with Gasteiger partial charge in [-0.15, -0.1) is 0 Å². The monoisotopic (exact) mass is 282 g/mol. The molecule has 0 radical (unpaired) electrons. The van der Waals surface area contributed by atoms with Crippen LogP contribution in [0.4, 0.5) is 13.2 Å². The SMILES string of the molecule is CCNC(C)=C(C#N)C(=O)c1ccc(C(F)(F)F)cc1. The standard InChI is InChI=1S/C14H13F3N2O/c1-3-19-9(2)12(8-18)13(20)10-4-6-11(7-5-10)14(15,16)17/h4-7,19H,3H2,1-2H3. The molecule has 1 N–H and O–H groups in total. The molecule has 0 saturated carbocycles. The van der Waals surface area contributed by atoms with Crippen LogP contribution >= 0.6 is 0 Å². The van der Waals surface area contributed by atoms with E-state index in [1.165, 1.54) is 0 Å². The summed E-state index contributed by atoms with van der Waals surface area (Å²) in [5, 5.41) is 11.8. The smallest absolute Gasteiger partial charge is 0.388 e. The number of carbonyl (C=O) groups is 1. The number of hydrogen-bond acceptors (Lipinski definition) is 3. The number of rotatable bonds is 4. The van der Waals surface area contributed by atoms with Gasteiger partial charge in [-0.3, -0.25) is 4.79 Å². The molecule has 1 aromatic carbocycles. The minimum absolute atomic E-state index is 0.0480. The first kappa shape index (κ1) is 15.8. The van der Waals surface area contributed by atoms with Gasteiger partial charge in [0.1, 0.15) is 11.6 Å². The second-order valence-corrected chi connectivity index (χ2v) is 4.05. The Bertz CT molecular complexity index is 566. The number of Topliss-reactive ketones (excluding diaryl/α,β-unsaturated/α-hetero) is 1. The van der Waals surface area contributed by atoms with Crippen molar-refractivity contribution in [1.82, 2.24) is 5.32 Å². The summed E-state index contributed by atoms with van der Waals surface area (Å²) in [4.78, 5) is 12.1. The van der Waals surface area contributed by atoms with Gasteiger partial charge in [0.2, 0.25) is 5.78 Å². The summed E-state index contributed by atoms with van der Waals surface area (Å²) < 4.78 is 37.3. The van der Waals surface area contributed by atoms with Gasteiger partial charge in [0, 0.05) is 17.8 Å². The highest BCUT2D eigenvalue weighted by Crippen LogP contribution is 2.29. The molecule has 106 valence electrons. The molecule has 1 rings (SSSR count). The van der Waals surface area contributed by atoms with Crippen molar-refractivity contribution in [3.05, 3.63) is 46.7 Å². The maximum atomic E-state index is 12.4. The van der Waals surface area contributed by atoms with E-state index in [0.717, 1.165) is 24.3 Å². The number of nitriles is 1. The summed E-state index contributed by atoms with van der Waals surface area (Å²) in [5.41, 5.74) is -0.488. The number of nitrogens with zero attached hydrogens (tertiary/aromatic N) is 1. The van der Waals surface area contributed by atoms with E-state index in [2.05, 4.69) is 5.32 Å². The van der Waals surface area contributed by atoms with Crippen molar-refractivity contribution < 1.29 is 18.0 Å². The zero-order valence-electron chi connectivity index (χ0n) is 11.0. The summed E-state index contributed by atoms with van der Waals surface area (Å²) in [6.45, 7) is 3.92. The van der Waals surface area contributed by atoms with Crippen LogP contribution in [0.15, 0.2) is 35.5 Å². The Hall–Kier alpha value is -2.29. The lowest BCUT2D eigenvalue weighted by atomic mass is 10.0. The molecule has 0 aromatic heterocycles. The minimum Gasteiger partial charge on any atom is -0.388 e. The molecule has 0 heterocycles. The quantitative estimate of drug-likeness (QED) is 0.523. The molecule has 0 spiro atoms. The normalized spacial score (nSPS) is 12.4. The van der Waals surface area contributed by atoms with E-state index in [1.54, 1.807) is 19.9 Å². The summed E-state index contributed by atoms with van der Waals surface area (Å²) in [6.07, 6.45) is -4.45. The Morgan fingerprint density at radius 2 is 1.85 bits per heavy atom. The Morgan fingerprint density at radius 1 is 1.30 bits per heavy atom. The Kier molecular flexibility index (Phi) is 4.92. The van der Waals surface area contributed by atoms with Gasteiger partial charge in [-0.2, -0.15) is 18.4 Å². The summed E-state index contributed by atoms with van der Waals surface area (Å²) in [5.74, 6) is -0.598. The average molecular weight is 282 g/mol. The molecule has 3 nitrogen and oxygen atoms in total. The van der Waals surface area contributed by atoms with E-state index < -0.39 is 17.5 Å². The predicted molar refractivity (Wildman–Crippen MR) is 67.8 cm³/mol. The number of benzene rings is 1. The Balaban J connectivity index is 3.10. The van der Waals surface area contributed by atoms with Gasteiger partial charge in [-0.1, -0.05) is 12.1 Å². The van der Waals surface area contributed by atoms with E-state index >= 15 is 0 Å². The first-order chi connectivity index (χ1) is 9.31. The van der Waals surface area contributed by atoms with Crippen molar-refractivity contribution >= 4 is 5.78 Å². The van der Waals surface area contributed by atoms with Crippen LogP contribution in [0.2, 0.25) is 0 Å². The lowest BCUT2D eigenvalue weighted by Gasteiger charge is -2.08. The fourth-order valence-electron chi connectivity index (χ4n) is 1.61. The molecule has 0 bridgehead atoms. The van der Waals surface area contributed by atoms with Gasteiger partial charge in [0.15, 0.2) is 0 Å². The summed E-state index contributed by atoms with van der Waals surface area (Å²) in [7, 11) is 0. The molecule has 0 unspecified atom stereocenters. The van der Waals surface area contributed by atoms with Crippen LogP contribution in [0.3, 0.4) is 0 Å². The van der Waals surface area contributed by atoms with Crippen LogP contribution in [0.1, 0.15) is 29.8 Å². The predicted octanol–water partition coefficient (Wildman–Crippen LogP) is 3.30. The number of hydrogen-bond donors (Lipinski definition) is 1. The largest absolute Gasteiger partial charge is 0.416 e. The van der Waals surface area contributed by atoms with E-state index in [1.807, 2.05) is 0 Å². The maximum Gasteiger partial charge on any atom is 0.416 e. The third-order valence-corrected chi connectivity index (χ3v) is 2.63. The first-order valence-corrected chi connectivity index (χ1v) is 5.88. The van der Waals surface area contributed by atoms with Crippen LogP contribution < -0.4 is 5.32 Å². The fourth-order valence-corrected chi connectivity index (χ4v) is 1.61. The Labute approximate surface area is 114 Å². The van der Waals surface area contributed by atoms with Crippen molar-refractivity contribution in [3.8, 4) is 6.07 Å².